The van der Waals surface area contributed by atoms with Crippen molar-refractivity contribution >= 4 is 29.2 Å². The zero-order valence-electron chi connectivity index (χ0n) is 13.2. The normalized spacial score (nSPS) is 14.2. The minimum Gasteiger partial charge on any atom is -0.449 e. The van der Waals surface area contributed by atoms with Gasteiger partial charge in [0.2, 0.25) is 0 Å². The molecule has 1 aromatic heterocycles. The molecule has 0 N–H and O–H groups in total. The van der Waals surface area contributed by atoms with Crippen LogP contribution in [0.15, 0.2) is 42.6 Å². The molecule has 124 valence electrons. The van der Waals surface area contributed by atoms with Crippen LogP contribution >= 0.6 is 11.6 Å². The largest absolute Gasteiger partial charge is 0.449 e. The lowest BCUT2D eigenvalue weighted by atomic mass is 10.2. The summed E-state index contributed by atoms with van der Waals surface area (Å²) in [5, 5.41) is 0.0660. The van der Waals surface area contributed by atoms with Crippen LogP contribution < -0.4 is 4.90 Å². The van der Waals surface area contributed by atoms with Crippen LogP contribution in [0.1, 0.15) is 29.3 Å². The Balaban J connectivity index is 1.76. The Morgan fingerprint density at radius 2 is 2.08 bits per heavy atom. The number of aromatic nitrogens is 1. The van der Waals surface area contributed by atoms with Crippen LogP contribution in [0.4, 0.5) is 5.69 Å². The van der Waals surface area contributed by atoms with Crippen molar-refractivity contribution in [3.63, 3.8) is 0 Å². The molecule has 2 aromatic rings. The maximum absolute atomic E-state index is 12.8. The molecule has 0 bridgehead atoms. The predicted octanol–water partition coefficient (Wildman–Crippen LogP) is 3.26. The van der Waals surface area contributed by atoms with E-state index >= 15 is 0 Å². The number of anilines is 1. The molecule has 0 radical (unpaired) electrons. The molecule has 5 nitrogen and oxygen atoms in total. The molecule has 0 spiro atoms. The number of pyridine rings is 1. The van der Waals surface area contributed by atoms with E-state index in [0.29, 0.717) is 13.0 Å². The molecule has 1 unspecified atom stereocenters. The second kappa shape index (κ2) is 7.01. The third-order valence-corrected chi connectivity index (χ3v) is 4.33. The predicted molar refractivity (Wildman–Crippen MR) is 91.2 cm³/mol. The summed E-state index contributed by atoms with van der Waals surface area (Å²) >= 11 is 5.91. The van der Waals surface area contributed by atoms with E-state index in [2.05, 4.69) is 4.98 Å². The molecule has 1 amide bonds. The quantitative estimate of drug-likeness (QED) is 0.631. The number of rotatable bonds is 4. The fraction of sp³-hybridized carbons (Fsp3) is 0.278. The van der Waals surface area contributed by atoms with Crippen LogP contribution in [-0.4, -0.2) is 29.5 Å². The second-order valence-electron chi connectivity index (χ2n) is 5.51. The fourth-order valence-electron chi connectivity index (χ4n) is 2.78. The van der Waals surface area contributed by atoms with E-state index in [-0.39, 0.29) is 16.6 Å². The summed E-state index contributed by atoms with van der Waals surface area (Å²) in [4.78, 5) is 30.6. The molecule has 0 aliphatic carbocycles. The number of esters is 1. The Hall–Kier alpha value is -2.40. The molecular weight excluding hydrogens is 328 g/mol. The lowest BCUT2D eigenvalue weighted by Gasteiger charge is -2.23. The molecule has 1 aromatic carbocycles. The second-order valence-corrected chi connectivity index (χ2v) is 5.87. The molecule has 0 saturated carbocycles. The lowest BCUT2D eigenvalue weighted by molar-refractivity contribution is -0.127. The van der Waals surface area contributed by atoms with Crippen molar-refractivity contribution in [1.82, 2.24) is 4.98 Å². The Labute approximate surface area is 145 Å². The number of carbonyl (C=O) groups excluding carboxylic acids is 2. The van der Waals surface area contributed by atoms with E-state index in [1.165, 1.54) is 12.3 Å². The average Bonchev–Trinajstić information content (AvgIpc) is 3.03. The van der Waals surface area contributed by atoms with Gasteiger partial charge >= 0.3 is 5.97 Å². The third kappa shape index (κ3) is 3.12. The first-order valence-electron chi connectivity index (χ1n) is 7.82. The Bertz CT molecular complexity index is 778. The summed E-state index contributed by atoms with van der Waals surface area (Å²) in [6.45, 7) is 2.41. The van der Waals surface area contributed by atoms with Crippen molar-refractivity contribution in [2.24, 2.45) is 0 Å². The minimum absolute atomic E-state index is 0.0660. The van der Waals surface area contributed by atoms with E-state index in [4.69, 9.17) is 16.3 Å². The summed E-state index contributed by atoms with van der Waals surface area (Å²) in [5.41, 5.74) is 2.17. The zero-order chi connectivity index (χ0) is 17.1. The maximum Gasteiger partial charge on any atom is 0.342 e. The standard InChI is InChI=1S/C18H17ClN2O3/c1-2-15(24-18(23)13-7-5-10-20-16(13)19)17(22)21-11-9-12-6-3-4-8-14(12)21/h3-8,10,15H,2,9,11H2,1H3. The van der Waals surface area contributed by atoms with Gasteiger partial charge in [-0.1, -0.05) is 36.7 Å². The van der Waals surface area contributed by atoms with Gasteiger partial charge in [-0.3, -0.25) is 4.79 Å². The number of halogens is 1. The van der Waals surface area contributed by atoms with Gasteiger partial charge in [-0.25, -0.2) is 9.78 Å². The van der Waals surface area contributed by atoms with Gasteiger partial charge in [0.05, 0.1) is 5.56 Å². The average molecular weight is 345 g/mol. The number of benzene rings is 1. The lowest BCUT2D eigenvalue weighted by Crippen LogP contribution is -2.40. The number of amides is 1. The highest BCUT2D eigenvalue weighted by Gasteiger charge is 2.32. The number of ether oxygens (including phenoxy) is 1. The summed E-state index contributed by atoms with van der Waals surface area (Å²) in [6, 6.07) is 10.9. The maximum atomic E-state index is 12.8. The first-order chi connectivity index (χ1) is 11.6. The fourth-order valence-corrected chi connectivity index (χ4v) is 2.98. The highest BCUT2D eigenvalue weighted by molar-refractivity contribution is 6.32. The number of para-hydroxylation sites is 1. The van der Waals surface area contributed by atoms with Gasteiger partial charge < -0.3 is 9.64 Å². The SMILES string of the molecule is CCC(OC(=O)c1cccnc1Cl)C(=O)N1CCc2ccccc21. The summed E-state index contributed by atoms with van der Waals surface area (Å²) in [7, 11) is 0. The van der Waals surface area contributed by atoms with E-state index in [0.717, 1.165) is 17.7 Å². The van der Waals surface area contributed by atoms with Gasteiger partial charge in [0.25, 0.3) is 5.91 Å². The molecule has 0 fully saturated rings. The smallest absolute Gasteiger partial charge is 0.342 e. The van der Waals surface area contributed by atoms with Crippen molar-refractivity contribution in [1.29, 1.82) is 0 Å². The monoisotopic (exact) mass is 344 g/mol. The zero-order valence-corrected chi connectivity index (χ0v) is 14.0. The number of hydrogen-bond acceptors (Lipinski definition) is 4. The molecule has 1 aliphatic heterocycles. The Morgan fingerprint density at radius 1 is 1.29 bits per heavy atom. The molecule has 0 saturated heterocycles. The van der Waals surface area contributed by atoms with Crippen LogP contribution in [0, 0.1) is 0 Å². The first kappa shape index (κ1) is 16.5. The van der Waals surface area contributed by atoms with Crippen LogP contribution in [0.25, 0.3) is 0 Å². The molecule has 1 aliphatic rings. The Kier molecular flexibility index (Phi) is 4.81. The van der Waals surface area contributed by atoms with Gasteiger partial charge in [-0.05, 0) is 36.6 Å². The number of fused-ring (bicyclic) bond motifs is 1. The number of carbonyl (C=O) groups is 2. The van der Waals surface area contributed by atoms with E-state index < -0.39 is 12.1 Å². The van der Waals surface area contributed by atoms with Gasteiger partial charge in [0.1, 0.15) is 5.15 Å². The summed E-state index contributed by atoms with van der Waals surface area (Å²) in [5.74, 6) is -0.850. The van der Waals surface area contributed by atoms with Gasteiger partial charge in [-0.2, -0.15) is 0 Å². The summed E-state index contributed by atoms with van der Waals surface area (Å²) in [6.07, 6.45) is 1.84. The molecule has 24 heavy (non-hydrogen) atoms. The Morgan fingerprint density at radius 3 is 2.83 bits per heavy atom. The third-order valence-electron chi connectivity index (χ3n) is 4.03. The topological polar surface area (TPSA) is 59.5 Å². The molecular formula is C18H17ClN2O3. The summed E-state index contributed by atoms with van der Waals surface area (Å²) < 4.78 is 5.40. The highest BCUT2D eigenvalue weighted by atomic mass is 35.5. The van der Waals surface area contributed by atoms with Gasteiger partial charge in [0, 0.05) is 18.4 Å². The molecule has 6 heteroatoms. The molecule has 2 heterocycles. The van der Waals surface area contributed by atoms with Crippen molar-refractivity contribution < 1.29 is 14.3 Å². The minimum atomic E-state index is -0.847. The first-order valence-corrected chi connectivity index (χ1v) is 8.20. The van der Waals surface area contributed by atoms with E-state index in [1.54, 1.807) is 11.0 Å². The number of nitrogens with zero attached hydrogens (tertiary/aromatic N) is 2. The van der Waals surface area contributed by atoms with Crippen LogP contribution in [0.3, 0.4) is 0 Å². The van der Waals surface area contributed by atoms with Crippen molar-refractivity contribution in [2.45, 2.75) is 25.9 Å². The van der Waals surface area contributed by atoms with Crippen LogP contribution in [-0.2, 0) is 16.0 Å². The van der Waals surface area contributed by atoms with E-state index in [1.807, 2.05) is 31.2 Å². The highest BCUT2D eigenvalue weighted by Crippen LogP contribution is 2.28. The van der Waals surface area contributed by atoms with Crippen molar-refractivity contribution in [3.05, 3.63) is 58.9 Å². The van der Waals surface area contributed by atoms with Crippen molar-refractivity contribution in [3.8, 4) is 0 Å². The van der Waals surface area contributed by atoms with Crippen LogP contribution in [0.5, 0.6) is 0 Å². The van der Waals surface area contributed by atoms with Gasteiger partial charge in [0.15, 0.2) is 6.10 Å². The number of hydrogen-bond donors (Lipinski definition) is 0. The molecule has 3 rings (SSSR count). The van der Waals surface area contributed by atoms with E-state index in [9.17, 15) is 9.59 Å². The van der Waals surface area contributed by atoms with Gasteiger partial charge in [-0.15, -0.1) is 0 Å². The van der Waals surface area contributed by atoms with Crippen molar-refractivity contribution in [2.75, 3.05) is 11.4 Å². The molecule has 1 atom stereocenters. The van der Waals surface area contributed by atoms with Crippen LogP contribution in [0.2, 0.25) is 5.15 Å².